The normalized spacial score (nSPS) is 12.6. The summed E-state index contributed by atoms with van der Waals surface area (Å²) in [4.78, 5) is 22.3. The monoisotopic (exact) mass is 293 g/mol. The number of hydrogen-bond acceptors (Lipinski definition) is 3. The molecule has 1 aromatic carbocycles. The first-order chi connectivity index (χ1) is 9.68. The molecule has 0 bridgehead atoms. The Morgan fingerprint density at radius 2 is 1.81 bits per heavy atom. The second-order valence-electron chi connectivity index (χ2n) is 6.23. The van der Waals surface area contributed by atoms with Gasteiger partial charge in [0.1, 0.15) is 5.75 Å². The van der Waals surface area contributed by atoms with Crippen molar-refractivity contribution in [2.24, 2.45) is 11.3 Å². The molecule has 0 aliphatic heterocycles. The van der Waals surface area contributed by atoms with Gasteiger partial charge in [-0.15, -0.1) is 0 Å². The topological polar surface area (TPSA) is 75.6 Å². The van der Waals surface area contributed by atoms with Crippen LogP contribution < -0.4 is 10.1 Å². The molecule has 1 atom stereocenters. The van der Waals surface area contributed by atoms with Crippen LogP contribution in [0, 0.1) is 11.3 Å². The first-order valence-electron chi connectivity index (χ1n) is 6.93. The molecule has 0 radical (unpaired) electrons. The van der Waals surface area contributed by atoms with E-state index in [2.05, 4.69) is 33.0 Å². The molecule has 0 fully saturated rings. The summed E-state index contributed by atoms with van der Waals surface area (Å²) in [5.41, 5.74) is 0.759. The van der Waals surface area contributed by atoms with Gasteiger partial charge >= 0.3 is 5.97 Å². The summed E-state index contributed by atoms with van der Waals surface area (Å²) in [5, 5.41) is 11.3. The molecule has 0 aliphatic carbocycles. The molecule has 0 saturated heterocycles. The quantitative estimate of drug-likeness (QED) is 0.844. The number of carbonyl (C=O) groups excluding carboxylic acids is 1. The van der Waals surface area contributed by atoms with Crippen LogP contribution in [0.25, 0.3) is 0 Å². The molecule has 0 saturated carbocycles. The van der Waals surface area contributed by atoms with Crippen molar-refractivity contribution >= 4 is 17.6 Å². The van der Waals surface area contributed by atoms with E-state index in [4.69, 9.17) is 9.84 Å². The van der Waals surface area contributed by atoms with Gasteiger partial charge in [0.25, 0.3) is 0 Å². The fraction of sp³-hybridized carbons (Fsp3) is 0.500. The van der Waals surface area contributed by atoms with Crippen LogP contribution in [0.2, 0.25) is 0 Å². The number of carboxylic acids is 1. The van der Waals surface area contributed by atoms with Gasteiger partial charge in [-0.25, -0.2) is 4.79 Å². The van der Waals surface area contributed by atoms with Gasteiger partial charge in [0.05, 0.1) is 0 Å². The van der Waals surface area contributed by atoms with E-state index in [9.17, 15) is 9.59 Å². The molecule has 0 heterocycles. The number of amides is 1. The summed E-state index contributed by atoms with van der Waals surface area (Å²) in [6.07, 6.45) is 0.459. The standard InChI is InChI=1S/C16H23NO4/c1-11(16(2,3)4)9-14(18)17-12-5-7-13(8-6-12)21-10-15(19)20/h5-8,11H,9-10H2,1-4H3,(H,17,18)(H,19,20). The number of benzene rings is 1. The minimum atomic E-state index is -1.02. The van der Waals surface area contributed by atoms with E-state index in [0.29, 0.717) is 17.9 Å². The second-order valence-corrected chi connectivity index (χ2v) is 6.23. The van der Waals surface area contributed by atoms with E-state index >= 15 is 0 Å². The van der Waals surface area contributed by atoms with Crippen LogP contribution in [0.15, 0.2) is 24.3 Å². The Balaban J connectivity index is 2.52. The van der Waals surface area contributed by atoms with Gasteiger partial charge in [-0.1, -0.05) is 27.7 Å². The first-order valence-corrected chi connectivity index (χ1v) is 6.93. The van der Waals surface area contributed by atoms with Crippen molar-refractivity contribution in [3.63, 3.8) is 0 Å². The SMILES string of the molecule is CC(CC(=O)Nc1ccc(OCC(=O)O)cc1)C(C)(C)C. The van der Waals surface area contributed by atoms with Crippen LogP contribution >= 0.6 is 0 Å². The lowest BCUT2D eigenvalue weighted by atomic mass is 9.80. The third-order valence-corrected chi connectivity index (χ3v) is 3.47. The minimum Gasteiger partial charge on any atom is -0.482 e. The predicted molar refractivity (Wildman–Crippen MR) is 81.4 cm³/mol. The number of ether oxygens (including phenoxy) is 1. The van der Waals surface area contributed by atoms with E-state index in [1.165, 1.54) is 0 Å². The van der Waals surface area contributed by atoms with Gasteiger partial charge in [-0.05, 0) is 35.6 Å². The van der Waals surface area contributed by atoms with Crippen LogP contribution in [0.3, 0.4) is 0 Å². The lowest BCUT2D eigenvalue weighted by Gasteiger charge is -2.26. The summed E-state index contributed by atoms with van der Waals surface area (Å²) in [7, 11) is 0. The van der Waals surface area contributed by atoms with Crippen LogP contribution in [0.5, 0.6) is 5.75 Å². The molecular weight excluding hydrogens is 270 g/mol. The molecule has 0 aromatic heterocycles. The summed E-state index contributed by atoms with van der Waals surface area (Å²) in [5.74, 6) is -0.325. The number of anilines is 1. The Labute approximate surface area is 125 Å². The highest BCUT2D eigenvalue weighted by Crippen LogP contribution is 2.28. The van der Waals surface area contributed by atoms with Crippen molar-refractivity contribution < 1.29 is 19.4 Å². The molecule has 5 heteroatoms. The van der Waals surface area contributed by atoms with Crippen molar-refractivity contribution in [3.8, 4) is 5.75 Å². The average molecular weight is 293 g/mol. The summed E-state index contributed by atoms with van der Waals surface area (Å²) < 4.78 is 5.02. The van der Waals surface area contributed by atoms with E-state index in [1.54, 1.807) is 24.3 Å². The van der Waals surface area contributed by atoms with Crippen molar-refractivity contribution in [1.82, 2.24) is 0 Å². The lowest BCUT2D eigenvalue weighted by molar-refractivity contribution is -0.139. The maximum atomic E-state index is 11.9. The molecule has 1 rings (SSSR count). The van der Waals surface area contributed by atoms with Crippen LogP contribution in [0.4, 0.5) is 5.69 Å². The molecule has 1 aromatic rings. The zero-order valence-corrected chi connectivity index (χ0v) is 13.0. The number of carbonyl (C=O) groups is 2. The van der Waals surface area contributed by atoms with Crippen molar-refractivity contribution in [2.75, 3.05) is 11.9 Å². The predicted octanol–water partition coefficient (Wildman–Crippen LogP) is 3.16. The van der Waals surface area contributed by atoms with E-state index < -0.39 is 5.97 Å². The van der Waals surface area contributed by atoms with Gasteiger partial charge in [0.15, 0.2) is 6.61 Å². The smallest absolute Gasteiger partial charge is 0.341 e. The van der Waals surface area contributed by atoms with Crippen LogP contribution in [-0.4, -0.2) is 23.6 Å². The van der Waals surface area contributed by atoms with Crippen molar-refractivity contribution in [2.45, 2.75) is 34.1 Å². The molecule has 2 N–H and O–H groups in total. The first kappa shape index (κ1) is 17.0. The molecule has 0 spiro atoms. The van der Waals surface area contributed by atoms with Crippen molar-refractivity contribution in [1.29, 1.82) is 0 Å². The average Bonchev–Trinajstić information content (AvgIpc) is 2.36. The Hall–Kier alpha value is -2.04. The molecule has 5 nitrogen and oxygen atoms in total. The Kier molecular flexibility index (Phi) is 5.76. The van der Waals surface area contributed by atoms with Gasteiger partial charge < -0.3 is 15.2 Å². The van der Waals surface area contributed by atoms with Gasteiger partial charge in [0, 0.05) is 12.1 Å². The Morgan fingerprint density at radius 1 is 1.24 bits per heavy atom. The molecule has 21 heavy (non-hydrogen) atoms. The van der Waals surface area contributed by atoms with Gasteiger partial charge in [0.2, 0.25) is 5.91 Å². The largest absolute Gasteiger partial charge is 0.482 e. The highest BCUT2D eigenvalue weighted by atomic mass is 16.5. The Morgan fingerprint density at radius 3 is 2.29 bits per heavy atom. The number of nitrogens with one attached hydrogen (secondary N) is 1. The molecular formula is C16H23NO4. The highest BCUT2D eigenvalue weighted by molar-refractivity contribution is 5.90. The number of carboxylic acid groups (broad SMARTS) is 1. The summed E-state index contributed by atoms with van der Waals surface area (Å²) in [6.45, 7) is 8.01. The highest BCUT2D eigenvalue weighted by Gasteiger charge is 2.22. The van der Waals surface area contributed by atoms with Gasteiger partial charge in [-0.2, -0.15) is 0 Å². The van der Waals surface area contributed by atoms with E-state index in [0.717, 1.165) is 0 Å². The van der Waals surface area contributed by atoms with Gasteiger partial charge in [-0.3, -0.25) is 4.79 Å². The number of rotatable bonds is 6. The zero-order chi connectivity index (χ0) is 16.0. The molecule has 116 valence electrons. The summed E-state index contributed by atoms with van der Waals surface area (Å²) in [6, 6.07) is 6.64. The van der Waals surface area contributed by atoms with Crippen LogP contribution in [0.1, 0.15) is 34.1 Å². The third kappa shape index (κ3) is 6.29. The van der Waals surface area contributed by atoms with E-state index in [1.807, 2.05) is 0 Å². The maximum absolute atomic E-state index is 11.9. The van der Waals surface area contributed by atoms with Crippen molar-refractivity contribution in [3.05, 3.63) is 24.3 Å². The van der Waals surface area contributed by atoms with E-state index in [-0.39, 0.29) is 23.8 Å². The molecule has 0 aliphatic rings. The fourth-order valence-corrected chi connectivity index (χ4v) is 1.58. The third-order valence-electron chi connectivity index (χ3n) is 3.47. The second kappa shape index (κ2) is 7.11. The van der Waals surface area contributed by atoms with Crippen LogP contribution in [-0.2, 0) is 9.59 Å². The molecule has 1 unspecified atom stereocenters. The number of aliphatic carboxylic acids is 1. The maximum Gasteiger partial charge on any atom is 0.341 e. The molecule has 1 amide bonds. The zero-order valence-electron chi connectivity index (χ0n) is 13.0. The lowest BCUT2D eigenvalue weighted by Crippen LogP contribution is -2.23. The summed E-state index contributed by atoms with van der Waals surface area (Å²) >= 11 is 0. The number of hydrogen-bond donors (Lipinski definition) is 2. The Bertz CT molecular complexity index is 488. The minimum absolute atomic E-state index is 0.0309. The fourth-order valence-electron chi connectivity index (χ4n) is 1.58.